The number of rotatable bonds is 2. The summed E-state index contributed by atoms with van der Waals surface area (Å²) in [5, 5.41) is 1.27. The van der Waals surface area contributed by atoms with Crippen LogP contribution in [0, 0.1) is 5.92 Å². The van der Waals surface area contributed by atoms with Gasteiger partial charge in [-0.3, -0.25) is 0 Å². The van der Waals surface area contributed by atoms with Gasteiger partial charge in [-0.1, -0.05) is 0 Å². The molecule has 1 N–H and O–H groups in total. The van der Waals surface area contributed by atoms with Crippen LogP contribution in [0.3, 0.4) is 0 Å². The molecule has 5 heteroatoms. The second kappa shape index (κ2) is 5.32. The molecule has 2 aromatic heterocycles. The molecule has 2 atom stereocenters. The number of ether oxygens (including phenoxy) is 1. The molecular formula is C20H23N3O2. The molecule has 130 valence electrons. The number of piperidine rings is 3. The van der Waals surface area contributed by atoms with Gasteiger partial charge < -0.3 is 19.0 Å². The van der Waals surface area contributed by atoms with Crippen molar-refractivity contribution in [3.8, 4) is 0 Å². The van der Waals surface area contributed by atoms with Gasteiger partial charge >= 0.3 is 0 Å². The first-order valence-corrected chi connectivity index (χ1v) is 9.61. The highest BCUT2D eigenvalue weighted by Crippen LogP contribution is 2.43. The van der Waals surface area contributed by atoms with Crippen molar-refractivity contribution in [2.24, 2.45) is 5.92 Å². The topological polar surface area (TPSA) is 54.3 Å². The summed E-state index contributed by atoms with van der Waals surface area (Å²) in [4.78, 5) is 11.0. The first-order valence-electron chi connectivity index (χ1n) is 9.61. The largest absolute Gasteiger partial charge is 0.438 e. The van der Waals surface area contributed by atoms with E-state index in [9.17, 15) is 0 Å². The van der Waals surface area contributed by atoms with Gasteiger partial charge in [0.1, 0.15) is 11.6 Å². The third-order valence-electron chi connectivity index (χ3n) is 6.51. The Labute approximate surface area is 146 Å². The molecule has 5 nitrogen and oxygen atoms in total. The number of H-pyrrole nitrogens is 1. The van der Waals surface area contributed by atoms with Gasteiger partial charge in [0.05, 0.1) is 0 Å². The molecule has 2 bridgehead atoms. The van der Waals surface area contributed by atoms with E-state index in [-0.39, 0.29) is 6.10 Å². The van der Waals surface area contributed by atoms with Crippen LogP contribution in [-0.4, -0.2) is 41.1 Å². The average Bonchev–Trinajstić information content (AvgIpc) is 3.39. The Kier molecular flexibility index (Phi) is 3.05. The van der Waals surface area contributed by atoms with Gasteiger partial charge in [0.15, 0.2) is 5.58 Å². The lowest BCUT2D eigenvalue weighted by molar-refractivity contribution is 0.0877. The van der Waals surface area contributed by atoms with E-state index in [2.05, 4.69) is 22.1 Å². The fourth-order valence-electron chi connectivity index (χ4n) is 5.17. The lowest BCUT2D eigenvalue weighted by atomic mass is 9.75. The van der Waals surface area contributed by atoms with E-state index in [0.717, 1.165) is 42.4 Å². The van der Waals surface area contributed by atoms with Crippen molar-refractivity contribution in [3.63, 3.8) is 0 Å². The summed E-state index contributed by atoms with van der Waals surface area (Å²) < 4.78 is 11.9. The maximum atomic E-state index is 6.07. The van der Waals surface area contributed by atoms with Crippen LogP contribution in [0.25, 0.3) is 22.0 Å². The summed E-state index contributed by atoms with van der Waals surface area (Å²) in [5.41, 5.74) is 4.50. The average molecular weight is 337 g/mol. The normalized spacial score (nSPS) is 32.2. The monoisotopic (exact) mass is 337 g/mol. The summed E-state index contributed by atoms with van der Waals surface area (Å²) in [6, 6.07) is 4.17. The van der Waals surface area contributed by atoms with Crippen molar-refractivity contribution in [1.29, 1.82) is 0 Å². The summed E-state index contributed by atoms with van der Waals surface area (Å²) in [6.45, 7) is 4.54. The smallest absolute Gasteiger partial charge is 0.224 e. The van der Waals surface area contributed by atoms with E-state index in [4.69, 9.17) is 14.1 Å². The molecule has 0 radical (unpaired) electrons. The Morgan fingerprint density at radius 1 is 1.16 bits per heavy atom. The molecule has 4 fully saturated rings. The SMILES string of the molecule is c1[nH]c2ccc3oc(C4CCCO4)nc3c2c1C1CN2CCC1CC2. The molecule has 0 saturated carbocycles. The van der Waals surface area contributed by atoms with Crippen LogP contribution in [0.1, 0.15) is 49.2 Å². The minimum atomic E-state index is 0.0293. The van der Waals surface area contributed by atoms with Gasteiger partial charge in [0, 0.05) is 36.2 Å². The zero-order valence-electron chi connectivity index (χ0n) is 14.3. The number of aromatic amines is 1. The number of fused-ring (bicyclic) bond motifs is 6. The molecule has 25 heavy (non-hydrogen) atoms. The number of nitrogens with zero attached hydrogens (tertiary/aromatic N) is 2. The van der Waals surface area contributed by atoms with E-state index in [1.807, 2.05) is 6.07 Å². The van der Waals surface area contributed by atoms with Gasteiger partial charge in [-0.25, -0.2) is 4.98 Å². The number of nitrogens with one attached hydrogen (secondary N) is 1. The predicted octanol–water partition coefficient (Wildman–Crippen LogP) is 3.97. The maximum Gasteiger partial charge on any atom is 0.224 e. The Hall–Kier alpha value is -1.85. The number of aromatic nitrogens is 2. The van der Waals surface area contributed by atoms with Crippen molar-refractivity contribution in [3.05, 3.63) is 29.8 Å². The second-order valence-electron chi connectivity index (χ2n) is 7.88. The minimum absolute atomic E-state index is 0.0293. The second-order valence-corrected chi connectivity index (χ2v) is 7.88. The van der Waals surface area contributed by atoms with Crippen LogP contribution in [0.5, 0.6) is 0 Å². The quantitative estimate of drug-likeness (QED) is 0.769. The van der Waals surface area contributed by atoms with Crippen molar-refractivity contribution < 1.29 is 9.15 Å². The van der Waals surface area contributed by atoms with Crippen molar-refractivity contribution >= 4 is 22.0 Å². The third kappa shape index (κ3) is 2.12. The van der Waals surface area contributed by atoms with Crippen LogP contribution in [0.2, 0.25) is 0 Å². The Balaban J connectivity index is 1.50. The van der Waals surface area contributed by atoms with Gasteiger partial charge in [-0.05, 0) is 62.4 Å². The Morgan fingerprint density at radius 2 is 2.08 bits per heavy atom. The molecule has 4 aliphatic heterocycles. The predicted molar refractivity (Wildman–Crippen MR) is 95.7 cm³/mol. The highest BCUT2D eigenvalue weighted by Gasteiger charge is 2.36. The van der Waals surface area contributed by atoms with E-state index in [1.54, 1.807) is 0 Å². The number of hydrogen-bond donors (Lipinski definition) is 1. The van der Waals surface area contributed by atoms with Crippen LogP contribution >= 0.6 is 0 Å². The number of oxazole rings is 1. The van der Waals surface area contributed by atoms with E-state index < -0.39 is 0 Å². The Morgan fingerprint density at radius 3 is 2.84 bits per heavy atom. The lowest BCUT2D eigenvalue weighted by Gasteiger charge is -2.44. The van der Waals surface area contributed by atoms with Crippen LogP contribution in [0.15, 0.2) is 22.7 Å². The summed E-state index contributed by atoms with van der Waals surface area (Å²) in [5.74, 6) is 2.18. The van der Waals surface area contributed by atoms with Crippen molar-refractivity contribution in [2.75, 3.05) is 26.2 Å². The van der Waals surface area contributed by atoms with E-state index in [1.165, 1.54) is 48.9 Å². The molecule has 0 amide bonds. The lowest BCUT2D eigenvalue weighted by Crippen LogP contribution is -2.46. The van der Waals surface area contributed by atoms with Crippen molar-refractivity contribution in [2.45, 2.75) is 37.7 Å². The molecule has 4 saturated heterocycles. The molecule has 0 aliphatic carbocycles. The van der Waals surface area contributed by atoms with Gasteiger partial charge in [-0.2, -0.15) is 0 Å². The molecule has 2 unspecified atom stereocenters. The molecule has 0 spiro atoms. The van der Waals surface area contributed by atoms with Gasteiger partial charge in [0.25, 0.3) is 0 Å². The van der Waals surface area contributed by atoms with Gasteiger partial charge in [-0.15, -0.1) is 0 Å². The standard InChI is InChI=1S/C20H23N3O2/c1-2-17(24-9-1)20-22-19-16(25-20)4-3-15-18(19)13(10-21-15)14-11-23-7-5-12(14)6-8-23/h3-4,10,12,14,17,21H,1-2,5-9,11H2. The van der Waals surface area contributed by atoms with Crippen molar-refractivity contribution in [1.82, 2.24) is 14.9 Å². The molecule has 7 rings (SSSR count). The molecule has 3 aromatic rings. The van der Waals surface area contributed by atoms with Crippen LogP contribution < -0.4 is 0 Å². The number of benzene rings is 1. The minimum Gasteiger partial charge on any atom is -0.438 e. The molecule has 4 aliphatic rings. The van der Waals surface area contributed by atoms with Gasteiger partial charge in [0.2, 0.25) is 5.89 Å². The first-order chi connectivity index (χ1) is 12.4. The van der Waals surface area contributed by atoms with Crippen LogP contribution in [-0.2, 0) is 4.74 Å². The Bertz CT molecular complexity index is 929. The fraction of sp³-hybridized carbons (Fsp3) is 0.550. The fourth-order valence-corrected chi connectivity index (χ4v) is 5.17. The molecule has 6 heterocycles. The van der Waals surface area contributed by atoms with E-state index >= 15 is 0 Å². The summed E-state index contributed by atoms with van der Waals surface area (Å²) in [7, 11) is 0. The van der Waals surface area contributed by atoms with Crippen LogP contribution in [0.4, 0.5) is 0 Å². The number of hydrogen-bond acceptors (Lipinski definition) is 4. The maximum absolute atomic E-state index is 6.07. The summed E-state index contributed by atoms with van der Waals surface area (Å²) in [6.07, 6.45) is 7.00. The zero-order chi connectivity index (χ0) is 16.4. The summed E-state index contributed by atoms with van der Waals surface area (Å²) >= 11 is 0. The zero-order valence-corrected chi connectivity index (χ0v) is 14.3. The molecule has 1 aromatic carbocycles. The molecular weight excluding hydrogens is 314 g/mol. The highest BCUT2D eigenvalue weighted by atomic mass is 16.5. The van der Waals surface area contributed by atoms with E-state index in [0.29, 0.717) is 5.92 Å². The third-order valence-corrected chi connectivity index (χ3v) is 6.51. The highest BCUT2D eigenvalue weighted by molar-refractivity contribution is 6.04. The first kappa shape index (κ1) is 14.3.